The molecule has 24 heavy (non-hydrogen) atoms. The van der Waals surface area contributed by atoms with Crippen LogP contribution in [0.15, 0.2) is 34.9 Å². The molecule has 2 aliphatic rings. The highest BCUT2D eigenvalue weighted by Crippen LogP contribution is 2.41. The molecule has 2 rings (SSSR count). The number of alkyl halides is 1. The molecular weight excluding hydrogens is 320 g/mol. The first kappa shape index (κ1) is 21.0. The van der Waals surface area contributed by atoms with E-state index in [0.29, 0.717) is 0 Å². The van der Waals surface area contributed by atoms with E-state index in [-0.39, 0.29) is 11.4 Å². The molecule has 0 bridgehead atoms. The molecule has 1 fully saturated rings. The van der Waals surface area contributed by atoms with E-state index < -0.39 is 0 Å². The highest BCUT2D eigenvalue weighted by molar-refractivity contribution is 6.15. The predicted molar refractivity (Wildman–Crippen MR) is 104 cm³/mol. The third-order valence-corrected chi connectivity index (χ3v) is 4.91. The number of nitrogens with one attached hydrogen (secondary N) is 2. The molecule has 2 N–H and O–H groups in total. The summed E-state index contributed by atoms with van der Waals surface area (Å²) in [7, 11) is 0. The molecule has 1 amide bonds. The van der Waals surface area contributed by atoms with E-state index >= 15 is 0 Å². The van der Waals surface area contributed by atoms with Gasteiger partial charge in [0.15, 0.2) is 0 Å². The number of carbonyl (C=O) groups excluding carboxylic acids is 1. The summed E-state index contributed by atoms with van der Waals surface area (Å²) in [4.78, 5) is 12.7. The van der Waals surface area contributed by atoms with E-state index in [0.717, 1.165) is 43.5 Å². The van der Waals surface area contributed by atoms with Crippen molar-refractivity contribution in [3.8, 4) is 0 Å². The van der Waals surface area contributed by atoms with Crippen LogP contribution in [0.5, 0.6) is 0 Å². The fourth-order valence-corrected chi connectivity index (χ4v) is 3.75. The largest absolute Gasteiger partial charge is 0.343 e. The monoisotopic (exact) mass is 352 g/mol. The molecule has 0 aromatic rings. The summed E-state index contributed by atoms with van der Waals surface area (Å²) < 4.78 is 0. The SMILES string of the molecule is C/C=C\C=C(/CC)C1=C(CNCC)C2(CCCCC2)NC1=O.CCl. The van der Waals surface area contributed by atoms with E-state index in [1.54, 1.807) is 0 Å². The Bertz CT molecular complexity index is 500. The minimum atomic E-state index is -0.0863. The van der Waals surface area contributed by atoms with Crippen molar-refractivity contribution in [3.05, 3.63) is 34.9 Å². The molecule has 0 unspecified atom stereocenters. The van der Waals surface area contributed by atoms with Crippen molar-refractivity contribution in [1.29, 1.82) is 0 Å². The third-order valence-electron chi connectivity index (χ3n) is 4.91. The van der Waals surface area contributed by atoms with Gasteiger partial charge in [-0.05, 0) is 43.9 Å². The quantitative estimate of drug-likeness (QED) is 0.546. The molecule has 136 valence electrons. The van der Waals surface area contributed by atoms with Crippen molar-refractivity contribution in [2.45, 2.75) is 64.8 Å². The second-order valence-corrected chi connectivity index (χ2v) is 6.30. The fourth-order valence-electron chi connectivity index (χ4n) is 3.75. The molecule has 0 aromatic carbocycles. The maximum atomic E-state index is 12.7. The van der Waals surface area contributed by atoms with Crippen molar-refractivity contribution >= 4 is 17.5 Å². The first-order valence-electron chi connectivity index (χ1n) is 9.15. The number of allylic oxidation sites excluding steroid dienone is 3. The van der Waals surface area contributed by atoms with Gasteiger partial charge >= 0.3 is 0 Å². The van der Waals surface area contributed by atoms with Gasteiger partial charge in [0.1, 0.15) is 0 Å². The van der Waals surface area contributed by atoms with Crippen LogP contribution < -0.4 is 10.6 Å². The summed E-state index contributed by atoms with van der Waals surface area (Å²) in [6.07, 6.45) is 14.4. The lowest BCUT2D eigenvalue weighted by atomic mass is 9.76. The van der Waals surface area contributed by atoms with Gasteiger partial charge in [-0.25, -0.2) is 0 Å². The molecule has 1 spiro atoms. The molecule has 1 saturated carbocycles. The van der Waals surface area contributed by atoms with Crippen LogP contribution in [0.4, 0.5) is 0 Å². The average molecular weight is 353 g/mol. The molecule has 0 atom stereocenters. The van der Waals surface area contributed by atoms with Crippen LogP contribution >= 0.6 is 11.6 Å². The number of likely N-dealkylation sites (N-methyl/N-ethyl adjacent to an activating group) is 1. The summed E-state index contributed by atoms with van der Waals surface area (Å²) in [6.45, 7) is 8.01. The summed E-state index contributed by atoms with van der Waals surface area (Å²) >= 11 is 4.64. The van der Waals surface area contributed by atoms with Gasteiger partial charge in [-0.15, -0.1) is 11.6 Å². The summed E-state index contributed by atoms with van der Waals surface area (Å²) in [5, 5.41) is 6.80. The van der Waals surface area contributed by atoms with Crippen LogP contribution in [0.3, 0.4) is 0 Å². The Kier molecular flexibility index (Phi) is 9.38. The van der Waals surface area contributed by atoms with Gasteiger partial charge in [-0.3, -0.25) is 4.79 Å². The Morgan fingerprint density at radius 1 is 1.25 bits per heavy atom. The lowest BCUT2D eigenvalue weighted by molar-refractivity contribution is -0.117. The number of amides is 1. The second kappa shape index (κ2) is 10.7. The molecule has 1 aliphatic heterocycles. The predicted octanol–water partition coefficient (Wildman–Crippen LogP) is 4.49. The van der Waals surface area contributed by atoms with Gasteiger partial charge in [0, 0.05) is 18.5 Å². The molecule has 4 heteroatoms. The van der Waals surface area contributed by atoms with Gasteiger partial charge in [0.2, 0.25) is 0 Å². The summed E-state index contributed by atoms with van der Waals surface area (Å²) in [5.74, 6) is 0.132. The van der Waals surface area contributed by atoms with Crippen molar-refractivity contribution < 1.29 is 4.79 Å². The average Bonchev–Trinajstić information content (AvgIpc) is 2.87. The van der Waals surface area contributed by atoms with Gasteiger partial charge in [0.05, 0.1) is 5.54 Å². The Morgan fingerprint density at radius 3 is 2.46 bits per heavy atom. The van der Waals surface area contributed by atoms with Gasteiger partial charge in [-0.1, -0.05) is 51.3 Å². The Labute approximate surface area is 152 Å². The lowest BCUT2D eigenvalue weighted by Crippen LogP contribution is -2.47. The van der Waals surface area contributed by atoms with E-state index in [2.05, 4.69) is 42.2 Å². The van der Waals surface area contributed by atoms with E-state index in [1.165, 1.54) is 31.2 Å². The minimum Gasteiger partial charge on any atom is -0.343 e. The molecule has 0 saturated heterocycles. The topological polar surface area (TPSA) is 41.1 Å². The fraction of sp³-hybridized carbons (Fsp3) is 0.650. The van der Waals surface area contributed by atoms with Crippen LogP contribution in [0.2, 0.25) is 0 Å². The van der Waals surface area contributed by atoms with Crippen LogP contribution in [0, 0.1) is 0 Å². The van der Waals surface area contributed by atoms with Gasteiger partial charge < -0.3 is 10.6 Å². The zero-order valence-corrected chi connectivity index (χ0v) is 16.4. The highest BCUT2D eigenvalue weighted by Gasteiger charge is 2.45. The number of halogens is 1. The van der Waals surface area contributed by atoms with Crippen LogP contribution in [-0.2, 0) is 4.79 Å². The number of rotatable bonds is 6. The summed E-state index contributed by atoms with van der Waals surface area (Å²) in [6, 6.07) is 0. The number of hydrogen-bond donors (Lipinski definition) is 2. The van der Waals surface area contributed by atoms with Crippen LogP contribution in [0.25, 0.3) is 0 Å². The standard InChI is InChI=1S/C19H30N2O.CH3Cl/c1-4-7-11-15(5-2)17-16(14-20-6-3)19(21-18(17)22)12-9-8-10-13-19;1-2/h4,7,11,20H,5-6,8-10,12-14H2,1-3H3,(H,21,22);1H3/b7-4-,15-11+;. The van der Waals surface area contributed by atoms with Crippen LogP contribution in [-0.4, -0.2) is 30.9 Å². The van der Waals surface area contributed by atoms with E-state index in [9.17, 15) is 4.79 Å². The van der Waals surface area contributed by atoms with E-state index in [1.807, 2.05) is 19.1 Å². The maximum Gasteiger partial charge on any atom is 0.252 e. The second-order valence-electron chi connectivity index (χ2n) is 6.30. The molecule has 1 aliphatic carbocycles. The van der Waals surface area contributed by atoms with Crippen LogP contribution in [0.1, 0.15) is 59.3 Å². The van der Waals surface area contributed by atoms with Crippen molar-refractivity contribution in [2.24, 2.45) is 0 Å². The molecule has 0 radical (unpaired) electrons. The molecular formula is C20H33ClN2O. The van der Waals surface area contributed by atoms with Crippen molar-refractivity contribution in [2.75, 3.05) is 19.5 Å². The van der Waals surface area contributed by atoms with Crippen molar-refractivity contribution in [3.63, 3.8) is 0 Å². The zero-order valence-electron chi connectivity index (χ0n) is 15.7. The first-order chi connectivity index (χ1) is 11.7. The Morgan fingerprint density at radius 2 is 1.92 bits per heavy atom. The Balaban J connectivity index is 0.00000139. The smallest absolute Gasteiger partial charge is 0.252 e. The Hall–Kier alpha value is -1.06. The third kappa shape index (κ3) is 4.73. The zero-order chi connectivity index (χ0) is 18.0. The molecule has 1 heterocycles. The normalized spacial score (nSPS) is 20.4. The first-order valence-corrected chi connectivity index (χ1v) is 9.91. The van der Waals surface area contributed by atoms with Gasteiger partial charge in [-0.2, -0.15) is 0 Å². The molecule has 3 nitrogen and oxygen atoms in total. The van der Waals surface area contributed by atoms with E-state index in [4.69, 9.17) is 0 Å². The van der Waals surface area contributed by atoms with Crippen molar-refractivity contribution in [1.82, 2.24) is 10.6 Å². The number of carbonyl (C=O) groups is 1. The lowest BCUT2D eigenvalue weighted by Gasteiger charge is -2.36. The number of hydrogen-bond acceptors (Lipinski definition) is 2. The summed E-state index contributed by atoms with van der Waals surface area (Å²) in [5.41, 5.74) is 3.32. The molecule has 0 aromatic heterocycles. The van der Waals surface area contributed by atoms with Gasteiger partial charge in [0.25, 0.3) is 5.91 Å². The maximum absolute atomic E-state index is 12.7. The highest BCUT2D eigenvalue weighted by atomic mass is 35.5. The minimum absolute atomic E-state index is 0.0863.